The number of hydrogen-bond acceptors (Lipinski definition) is 5. The Morgan fingerprint density at radius 1 is 1.27 bits per heavy atom. The highest BCUT2D eigenvalue weighted by molar-refractivity contribution is 7.09. The molecule has 174 valence electrons. The lowest BCUT2D eigenvalue weighted by molar-refractivity contribution is -0.201. The molecule has 0 bridgehead atoms. The van der Waals surface area contributed by atoms with E-state index >= 15 is 0 Å². The number of aliphatic hydroxyl groups excluding tert-OH is 1. The molecule has 7 heteroatoms. The summed E-state index contributed by atoms with van der Waals surface area (Å²) in [5.41, 5.74) is 0. The van der Waals surface area contributed by atoms with Crippen molar-refractivity contribution >= 4 is 15.4 Å². The van der Waals surface area contributed by atoms with Crippen molar-refractivity contribution < 1.29 is 29.0 Å². The Bertz CT molecular complexity index is 534. The van der Waals surface area contributed by atoms with Crippen molar-refractivity contribution in [1.82, 2.24) is 0 Å². The third kappa shape index (κ3) is 7.27. The maximum atomic E-state index is 10.7. The van der Waals surface area contributed by atoms with Gasteiger partial charge in [0.15, 0.2) is 5.79 Å². The first-order valence-electron chi connectivity index (χ1n) is 11.6. The van der Waals surface area contributed by atoms with E-state index in [0.29, 0.717) is 32.0 Å². The minimum atomic E-state index is -0.756. The van der Waals surface area contributed by atoms with Gasteiger partial charge in [0, 0.05) is 34.6 Å². The van der Waals surface area contributed by atoms with Crippen molar-refractivity contribution in [1.29, 1.82) is 0 Å². The van der Waals surface area contributed by atoms with Gasteiger partial charge in [0.2, 0.25) is 0 Å². The van der Waals surface area contributed by atoms with Crippen LogP contribution in [0.5, 0.6) is 0 Å². The number of aliphatic carboxylic acids is 1. The summed E-state index contributed by atoms with van der Waals surface area (Å²) in [5, 5.41) is 19.4. The number of hydrogen-bond donors (Lipinski definition) is 2. The Morgan fingerprint density at radius 3 is 2.63 bits per heavy atom. The fraction of sp³-hybridized carbons (Fsp3) is 0.870. The number of carboxylic acid groups (broad SMARTS) is 1. The molecule has 5 unspecified atom stereocenters. The summed E-state index contributed by atoms with van der Waals surface area (Å²) in [4.78, 5) is 10.6. The predicted molar refractivity (Wildman–Crippen MR) is 120 cm³/mol. The van der Waals surface area contributed by atoms with E-state index in [0.717, 1.165) is 32.1 Å². The fourth-order valence-electron chi connectivity index (χ4n) is 5.02. The molecule has 6 nitrogen and oxygen atoms in total. The molecule has 6 atom stereocenters. The lowest BCUT2D eigenvalue weighted by atomic mass is 9.82. The standard InChI is InChI=1S/C23H41O6P/c1-3-4-9-17(2)23(27-14-15-28-23)13-12-19-18(20(24)16-21(19)29-30)10-7-5-6-8-11-22(25)26/h5,7,17-21,24H,3-4,6,8-16,30H2,1-2H3,(H,25,26)/b7-5-/t17?,18?,19-,20?,21?/m1/s1. The molecule has 1 saturated carbocycles. The van der Waals surface area contributed by atoms with Gasteiger partial charge in [-0.05, 0) is 43.9 Å². The van der Waals surface area contributed by atoms with Crippen LogP contribution >= 0.6 is 9.47 Å². The van der Waals surface area contributed by atoms with Gasteiger partial charge in [0.05, 0.1) is 25.4 Å². The third-order valence-electron chi connectivity index (χ3n) is 6.85. The van der Waals surface area contributed by atoms with Crippen molar-refractivity contribution in [3.05, 3.63) is 12.2 Å². The van der Waals surface area contributed by atoms with Gasteiger partial charge in [-0.25, -0.2) is 0 Å². The molecule has 2 N–H and O–H groups in total. The molecule has 0 amide bonds. The van der Waals surface area contributed by atoms with E-state index < -0.39 is 11.8 Å². The SMILES string of the molecule is CCCCC(C)C1(CC[C@H]2C(OP)CC(O)C2C/C=C\CCCC(=O)O)OCCO1. The van der Waals surface area contributed by atoms with Gasteiger partial charge in [0.1, 0.15) is 0 Å². The van der Waals surface area contributed by atoms with Crippen LogP contribution in [0.15, 0.2) is 12.2 Å². The van der Waals surface area contributed by atoms with E-state index in [1.807, 2.05) is 6.08 Å². The third-order valence-corrected chi connectivity index (χ3v) is 7.20. The van der Waals surface area contributed by atoms with E-state index in [1.165, 1.54) is 12.8 Å². The lowest BCUT2D eigenvalue weighted by Crippen LogP contribution is -2.39. The Balaban J connectivity index is 1.95. The average molecular weight is 445 g/mol. The van der Waals surface area contributed by atoms with Gasteiger partial charge >= 0.3 is 5.97 Å². The molecule has 0 aromatic heterocycles. The fourth-order valence-corrected chi connectivity index (χ4v) is 5.34. The molecule has 2 rings (SSSR count). The van der Waals surface area contributed by atoms with E-state index in [9.17, 15) is 9.90 Å². The van der Waals surface area contributed by atoms with Gasteiger partial charge in [-0.2, -0.15) is 0 Å². The van der Waals surface area contributed by atoms with Gasteiger partial charge in [0.25, 0.3) is 0 Å². The molecular weight excluding hydrogens is 403 g/mol. The normalized spacial score (nSPS) is 29.6. The molecule has 0 aromatic rings. The van der Waals surface area contributed by atoms with Crippen molar-refractivity contribution in [3.8, 4) is 0 Å². The van der Waals surface area contributed by atoms with Crippen LogP contribution in [-0.4, -0.2) is 47.4 Å². The van der Waals surface area contributed by atoms with Crippen LogP contribution in [0.4, 0.5) is 0 Å². The Morgan fingerprint density at radius 2 is 2.00 bits per heavy atom. The van der Waals surface area contributed by atoms with Crippen LogP contribution in [-0.2, 0) is 18.8 Å². The van der Waals surface area contributed by atoms with E-state index in [-0.39, 0.29) is 30.5 Å². The number of ether oxygens (including phenoxy) is 2. The first kappa shape index (κ1) is 25.7. The summed E-state index contributed by atoms with van der Waals surface area (Å²) in [5.74, 6) is -0.548. The molecule has 2 fully saturated rings. The second-order valence-electron chi connectivity index (χ2n) is 8.89. The smallest absolute Gasteiger partial charge is 0.303 e. The predicted octanol–water partition coefficient (Wildman–Crippen LogP) is 4.71. The molecule has 0 radical (unpaired) electrons. The van der Waals surface area contributed by atoms with E-state index in [2.05, 4.69) is 29.4 Å². The van der Waals surface area contributed by atoms with Crippen LogP contribution in [0.25, 0.3) is 0 Å². The number of rotatable bonds is 14. The zero-order chi connectivity index (χ0) is 22.0. The maximum Gasteiger partial charge on any atom is 0.303 e. The second kappa shape index (κ2) is 13.1. The lowest BCUT2D eigenvalue weighted by Gasteiger charge is -2.36. The summed E-state index contributed by atoms with van der Waals surface area (Å²) >= 11 is 0. The largest absolute Gasteiger partial charge is 0.481 e. The molecule has 2 aliphatic rings. The summed E-state index contributed by atoms with van der Waals surface area (Å²) in [6.45, 7) is 5.73. The maximum absolute atomic E-state index is 10.7. The number of aliphatic hydroxyl groups is 1. The minimum Gasteiger partial charge on any atom is -0.481 e. The van der Waals surface area contributed by atoms with Crippen LogP contribution in [0, 0.1) is 17.8 Å². The molecule has 0 aromatic carbocycles. The molecule has 1 aliphatic carbocycles. The zero-order valence-electron chi connectivity index (χ0n) is 18.6. The molecule has 1 aliphatic heterocycles. The summed E-state index contributed by atoms with van der Waals surface area (Å²) in [6, 6.07) is 0. The van der Waals surface area contributed by atoms with E-state index in [4.69, 9.17) is 19.1 Å². The second-order valence-corrected chi connectivity index (χ2v) is 9.16. The van der Waals surface area contributed by atoms with Crippen molar-refractivity contribution in [2.45, 2.75) is 96.1 Å². The van der Waals surface area contributed by atoms with Gasteiger partial charge in [-0.1, -0.05) is 38.8 Å². The van der Waals surface area contributed by atoms with Crippen LogP contribution in [0.1, 0.15) is 78.1 Å². The number of unbranched alkanes of at least 4 members (excludes halogenated alkanes) is 2. The van der Waals surface area contributed by atoms with E-state index in [1.54, 1.807) is 0 Å². The van der Waals surface area contributed by atoms with Gasteiger partial charge < -0.3 is 24.2 Å². The Hall–Kier alpha value is -0.520. The highest BCUT2D eigenvalue weighted by Gasteiger charge is 2.46. The highest BCUT2D eigenvalue weighted by Crippen LogP contribution is 2.44. The molecule has 30 heavy (non-hydrogen) atoms. The number of carbonyl (C=O) groups is 1. The summed E-state index contributed by atoms with van der Waals surface area (Å²) in [7, 11) is 2.37. The molecule has 0 spiro atoms. The van der Waals surface area contributed by atoms with Crippen molar-refractivity contribution in [2.24, 2.45) is 17.8 Å². The van der Waals surface area contributed by atoms with Gasteiger partial charge in [-0.15, -0.1) is 0 Å². The number of carboxylic acids is 1. The van der Waals surface area contributed by atoms with Crippen LogP contribution < -0.4 is 0 Å². The topological polar surface area (TPSA) is 85.2 Å². The molecule has 1 heterocycles. The van der Waals surface area contributed by atoms with Gasteiger partial charge in [-0.3, -0.25) is 4.79 Å². The quantitative estimate of drug-likeness (QED) is 0.229. The first-order chi connectivity index (χ1) is 14.4. The van der Waals surface area contributed by atoms with Crippen LogP contribution in [0.3, 0.4) is 0 Å². The Kier molecular flexibility index (Phi) is 11.3. The first-order valence-corrected chi connectivity index (χ1v) is 12.1. The minimum absolute atomic E-state index is 0.0137. The summed E-state index contributed by atoms with van der Waals surface area (Å²) < 4.78 is 17.9. The average Bonchev–Trinajstić information content (AvgIpc) is 3.32. The van der Waals surface area contributed by atoms with Crippen LogP contribution in [0.2, 0.25) is 0 Å². The molecule has 1 saturated heterocycles. The highest BCUT2D eigenvalue weighted by atomic mass is 31.0. The molecular formula is C23H41O6P. The summed E-state index contributed by atoms with van der Waals surface area (Å²) in [6.07, 6.45) is 11.9. The van der Waals surface area contributed by atoms with Crippen molar-refractivity contribution in [2.75, 3.05) is 13.2 Å². The number of allylic oxidation sites excluding steroid dienone is 2. The van der Waals surface area contributed by atoms with Crippen molar-refractivity contribution in [3.63, 3.8) is 0 Å². The monoisotopic (exact) mass is 444 g/mol. The Labute approximate surface area is 184 Å². The zero-order valence-corrected chi connectivity index (χ0v) is 19.8.